The minimum absolute atomic E-state index is 0.119. The molecule has 1 fully saturated rings. The zero-order valence-corrected chi connectivity index (χ0v) is 9.05. The molecule has 0 saturated carbocycles. The molecule has 0 radical (unpaired) electrons. The van der Waals surface area contributed by atoms with Crippen LogP contribution in [0.3, 0.4) is 0 Å². The van der Waals surface area contributed by atoms with E-state index in [1.54, 1.807) is 0 Å². The molecule has 1 aromatic heterocycles. The van der Waals surface area contributed by atoms with Gasteiger partial charge in [-0.3, -0.25) is 5.10 Å². The summed E-state index contributed by atoms with van der Waals surface area (Å²) in [6.07, 6.45) is 2.44. The van der Waals surface area contributed by atoms with Crippen molar-refractivity contribution >= 4 is 10.0 Å². The molecule has 1 aliphatic heterocycles. The number of hydrogen-bond donors (Lipinski definition) is 3. The van der Waals surface area contributed by atoms with Crippen molar-refractivity contribution in [1.29, 1.82) is 0 Å². The van der Waals surface area contributed by atoms with E-state index < -0.39 is 10.0 Å². The molecule has 2 rings (SSSR count). The Bertz CT molecular complexity index is 394. The molecule has 0 aliphatic carbocycles. The van der Waals surface area contributed by atoms with Gasteiger partial charge in [-0.25, -0.2) is 13.1 Å². The average molecular weight is 230 g/mol. The summed E-state index contributed by atoms with van der Waals surface area (Å²) >= 11 is 0. The van der Waals surface area contributed by atoms with Crippen LogP contribution in [0.25, 0.3) is 0 Å². The third-order valence-corrected chi connectivity index (χ3v) is 3.84. The fourth-order valence-electron chi connectivity index (χ4n) is 1.59. The van der Waals surface area contributed by atoms with E-state index in [1.165, 1.54) is 12.3 Å². The van der Waals surface area contributed by atoms with Crippen LogP contribution >= 0.6 is 0 Å². The van der Waals surface area contributed by atoms with Crippen molar-refractivity contribution in [3.63, 3.8) is 0 Å². The molecule has 3 N–H and O–H groups in total. The van der Waals surface area contributed by atoms with E-state index in [-0.39, 0.29) is 5.03 Å². The van der Waals surface area contributed by atoms with Crippen LogP contribution in [-0.2, 0) is 10.0 Å². The zero-order chi connectivity index (χ0) is 10.7. The third kappa shape index (κ3) is 2.55. The molecular formula is C8H14N4O2S. The molecule has 1 aliphatic rings. The van der Waals surface area contributed by atoms with Gasteiger partial charge in [0.1, 0.15) is 0 Å². The van der Waals surface area contributed by atoms with Crippen LogP contribution in [-0.4, -0.2) is 38.2 Å². The topological polar surface area (TPSA) is 86.9 Å². The van der Waals surface area contributed by atoms with Crippen LogP contribution < -0.4 is 10.0 Å². The highest BCUT2D eigenvalue weighted by Gasteiger charge is 2.19. The van der Waals surface area contributed by atoms with Crippen LogP contribution in [0.2, 0.25) is 0 Å². The summed E-state index contributed by atoms with van der Waals surface area (Å²) in [6, 6.07) is 1.44. The van der Waals surface area contributed by atoms with Gasteiger partial charge in [0.2, 0.25) is 0 Å². The van der Waals surface area contributed by atoms with E-state index in [0.717, 1.165) is 19.5 Å². The van der Waals surface area contributed by atoms with Crippen molar-refractivity contribution in [1.82, 2.24) is 20.2 Å². The lowest BCUT2D eigenvalue weighted by Gasteiger charge is -2.09. The van der Waals surface area contributed by atoms with Gasteiger partial charge in [-0.1, -0.05) is 0 Å². The standard InChI is InChI=1S/C8H14N4O2S/c13-15(14,8-2-4-10-12-8)11-6-7-1-3-9-5-7/h2,4,7,9,11H,1,3,5-6H2,(H,10,12). The number of H-pyrrole nitrogens is 1. The minimum atomic E-state index is -3.40. The van der Waals surface area contributed by atoms with Gasteiger partial charge in [-0.15, -0.1) is 0 Å². The van der Waals surface area contributed by atoms with Crippen molar-refractivity contribution in [2.75, 3.05) is 19.6 Å². The molecule has 1 aromatic rings. The van der Waals surface area contributed by atoms with Crippen molar-refractivity contribution in [3.05, 3.63) is 12.3 Å². The van der Waals surface area contributed by atoms with Crippen LogP contribution in [0.5, 0.6) is 0 Å². The Morgan fingerprint density at radius 1 is 1.60 bits per heavy atom. The Balaban J connectivity index is 1.93. The summed E-state index contributed by atoms with van der Waals surface area (Å²) in [5.41, 5.74) is 0. The van der Waals surface area contributed by atoms with Gasteiger partial charge >= 0.3 is 0 Å². The number of aromatic nitrogens is 2. The molecule has 0 spiro atoms. The van der Waals surface area contributed by atoms with E-state index >= 15 is 0 Å². The van der Waals surface area contributed by atoms with E-state index in [1.807, 2.05) is 0 Å². The number of sulfonamides is 1. The SMILES string of the molecule is O=S(=O)(NCC1CCNC1)c1ccn[nH]1. The maximum Gasteiger partial charge on any atom is 0.257 e. The van der Waals surface area contributed by atoms with Gasteiger partial charge in [-0.2, -0.15) is 5.10 Å². The predicted molar refractivity (Wildman–Crippen MR) is 54.8 cm³/mol. The summed E-state index contributed by atoms with van der Waals surface area (Å²) in [5, 5.41) is 9.36. The zero-order valence-electron chi connectivity index (χ0n) is 8.23. The Morgan fingerprint density at radius 3 is 3.07 bits per heavy atom. The lowest BCUT2D eigenvalue weighted by Crippen LogP contribution is -2.30. The average Bonchev–Trinajstić information content (AvgIpc) is 2.88. The second kappa shape index (κ2) is 4.30. The quantitative estimate of drug-likeness (QED) is 0.638. The second-order valence-corrected chi connectivity index (χ2v) is 5.37. The molecule has 0 bridgehead atoms. The molecule has 0 amide bonds. The van der Waals surface area contributed by atoms with Crippen LogP contribution in [0.1, 0.15) is 6.42 Å². The normalized spacial score (nSPS) is 22.0. The van der Waals surface area contributed by atoms with Crippen LogP contribution in [0.4, 0.5) is 0 Å². The lowest BCUT2D eigenvalue weighted by molar-refractivity contribution is 0.536. The molecule has 1 atom stereocenters. The van der Waals surface area contributed by atoms with Crippen molar-refractivity contribution in [2.24, 2.45) is 5.92 Å². The van der Waals surface area contributed by atoms with E-state index in [4.69, 9.17) is 0 Å². The van der Waals surface area contributed by atoms with Gasteiger partial charge in [0.15, 0.2) is 5.03 Å². The first-order valence-electron chi connectivity index (χ1n) is 4.88. The largest absolute Gasteiger partial charge is 0.316 e. The highest BCUT2D eigenvalue weighted by molar-refractivity contribution is 7.89. The minimum Gasteiger partial charge on any atom is -0.316 e. The van der Waals surface area contributed by atoms with Crippen LogP contribution in [0, 0.1) is 5.92 Å². The fourth-order valence-corrected chi connectivity index (χ4v) is 2.61. The summed E-state index contributed by atoms with van der Waals surface area (Å²) in [7, 11) is -3.40. The van der Waals surface area contributed by atoms with Gasteiger partial charge in [0, 0.05) is 6.54 Å². The molecule has 15 heavy (non-hydrogen) atoms. The lowest BCUT2D eigenvalue weighted by atomic mass is 10.1. The van der Waals surface area contributed by atoms with Gasteiger partial charge in [0.25, 0.3) is 10.0 Å². The van der Waals surface area contributed by atoms with Crippen molar-refractivity contribution < 1.29 is 8.42 Å². The first-order chi connectivity index (χ1) is 7.18. The Hall–Kier alpha value is -0.920. The Kier molecular flexibility index (Phi) is 3.03. The molecule has 84 valence electrons. The molecule has 6 nitrogen and oxygen atoms in total. The van der Waals surface area contributed by atoms with Gasteiger partial charge in [-0.05, 0) is 31.5 Å². The Labute approximate surface area is 88.5 Å². The number of aromatic amines is 1. The van der Waals surface area contributed by atoms with E-state index in [0.29, 0.717) is 12.5 Å². The highest BCUT2D eigenvalue weighted by atomic mass is 32.2. The summed E-state index contributed by atoms with van der Waals surface area (Å²) in [6.45, 7) is 2.33. The monoisotopic (exact) mass is 230 g/mol. The smallest absolute Gasteiger partial charge is 0.257 e. The van der Waals surface area contributed by atoms with Crippen molar-refractivity contribution in [2.45, 2.75) is 11.4 Å². The van der Waals surface area contributed by atoms with Gasteiger partial charge < -0.3 is 5.32 Å². The number of rotatable bonds is 4. The number of nitrogens with zero attached hydrogens (tertiary/aromatic N) is 1. The molecule has 0 aromatic carbocycles. The van der Waals surface area contributed by atoms with Crippen LogP contribution in [0.15, 0.2) is 17.3 Å². The maximum absolute atomic E-state index is 11.6. The molecule has 1 unspecified atom stereocenters. The van der Waals surface area contributed by atoms with Crippen molar-refractivity contribution in [3.8, 4) is 0 Å². The first-order valence-corrected chi connectivity index (χ1v) is 6.36. The first kappa shape index (κ1) is 10.6. The fraction of sp³-hybridized carbons (Fsp3) is 0.625. The van der Waals surface area contributed by atoms with Gasteiger partial charge in [0.05, 0.1) is 6.20 Å². The van der Waals surface area contributed by atoms with E-state index in [2.05, 4.69) is 20.2 Å². The second-order valence-electron chi connectivity index (χ2n) is 3.63. The summed E-state index contributed by atoms with van der Waals surface area (Å²) in [5.74, 6) is 0.391. The maximum atomic E-state index is 11.6. The van der Waals surface area contributed by atoms with E-state index in [9.17, 15) is 8.42 Å². The highest BCUT2D eigenvalue weighted by Crippen LogP contribution is 2.08. The summed E-state index contributed by atoms with van der Waals surface area (Å²) < 4.78 is 25.9. The number of hydrogen-bond acceptors (Lipinski definition) is 4. The number of nitrogens with one attached hydrogen (secondary N) is 3. The molecule has 2 heterocycles. The molecule has 7 heteroatoms. The summed E-state index contributed by atoms with van der Waals surface area (Å²) in [4.78, 5) is 0. The Morgan fingerprint density at radius 2 is 2.47 bits per heavy atom. The molecule has 1 saturated heterocycles. The predicted octanol–water partition coefficient (Wildman–Crippen LogP) is -0.702. The third-order valence-electron chi connectivity index (χ3n) is 2.49. The molecular weight excluding hydrogens is 216 g/mol.